The van der Waals surface area contributed by atoms with E-state index in [2.05, 4.69) is 22.8 Å². The van der Waals surface area contributed by atoms with E-state index >= 15 is 0 Å². The van der Waals surface area contributed by atoms with Gasteiger partial charge in [0.25, 0.3) is 0 Å². The van der Waals surface area contributed by atoms with Gasteiger partial charge in [0.15, 0.2) is 0 Å². The lowest BCUT2D eigenvalue weighted by molar-refractivity contribution is -0.117. The standard InChI is InChI=1S/C18H20N2O/c1-19-12-13-7-9-15(10-8-13)20-18(21)17-11-16(17)14-5-3-2-4-6-14/h2-10,16-17,19H,11-12H2,1H3,(H,20,21). The Kier molecular flexibility index (Phi) is 4.02. The van der Waals surface area contributed by atoms with Crippen LogP contribution in [-0.4, -0.2) is 13.0 Å². The first-order valence-electron chi connectivity index (χ1n) is 7.37. The molecule has 3 rings (SSSR count). The summed E-state index contributed by atoms with van der Waals surface area (Å²) in [6.07, 6.45) is 0.952. The minimum absolute atomic E-state index is 0.115. The van der Waals surface area contributed by atoms with E-state index in [1.165, 1.54) is 11.1 Å². The summed E-state index contributed by atoms with van der Waals surface area (Å²) >= 11 is 0. The van der Waals surface area contributed by atoms with Gasteiger partial charge in [-0.25, -0.2) is 0 Å². The molecule has 2 aromatic carbocycles. The molecule has 3 nitrogen and oxygen atoms in total. The zero-order valence-corrected chi connectivity index (χ0v) is 12.2. The lowest BCUT2D eigenvalue weighted by Crippen LogP contribution is -2.14. The van der Waals surface area contributed by atoms with Gasteiger partial charge in [0, 0.05) is 18.2 Å². The summed E-state index contributed by atoms with van der Waals surface area (Å²) in [4.78, 5) is 12.2. The van der Waals surface area contributed by atoms with Crippen molar-refractivity contribution in [3.8, 4) is 0 Å². The van der Waals surface area contributed by atoms with Crippen LogP contribution >= 0.6 is 0 Å². The lowest BCUT2D eigenvalue weighted by Gasteiger charge is -2.06. The Morgan fingerprint density at radius 3 is 2.48 bits per heavy atom. The Hall–Kier alpha value is -2.13. The summed E-state index contributed by atoms with van der Waals surface area (Å²) < 4.78 is 0. The van der Waals surface area contributed by atoms with Crippen LogP contribution in [0.3, 0.4) is 0 Å². The zero-order chi connectivity index (χ0) is 14.7. The number of carbonyl (C=O) groups is 1. The molecule has 108 valence electrons. The van der Waals surface area contributed by atoms with Gasteiger partial charge in [0.2, 0.25) is 5.91 Å². The first-order valence-corrected chi connectivity index (χ1v) is 7.37. The average Bonchev–Trinajstić information content (AvgIpc) is 3.31. The van der Waals surface area contributed by atoms with Crippen LogP contribution in [0.1, 0.15) is 23.5 Å². The maximum Gasteiger partial charge on any atom is 0.228 e. The maximum atomic E-state index is 12.2. The van der Waals surface area contributed by atoms with Gasteiger partial charge < -0.3 is 10.6 Å². The van der Waals surface area contributed by atoms with Crippen LogP contribution in [0.15, 0.2) is 54.6 Å². The van der Waals surface area contributed by atoms with Crippen molar-refractivity contribution in [1.82, 2.24) is 5.32 Å². The molecule has 1 saturated carbocycles. The molecule has 2 atom stereocenters. The molecule has 0 radical (unpaired) electrons. The van der Waals surface area contributed by atoms with Crippen molar-refractivity contribution in [2.75, 3.05) is 12.4 Å². The second kappa shape index (κ2) is 6.10. The zero-order valence-electron chi connectivity index (χ0n) is 12.2. The van der Waals surface area contributed by atoms with Gasteiger partial charge in [-0.1, -0.05) is 42.5 Å². The number of hydrogen-bond donors (Lipinski definition) is 2. The molecule has 2 N–H and O–H groups in total. The first kappa shape index (κ1) is 13.8. The lowest BCUT2D eigenvalue weighted by atomic mass is 10.1. The minimum Gasteiger partial charge on any atom is -0.326 e. The van der Waals surface area contributed by atoms with Crippen molar-refractivity contribution < 1.29 is 4.79 Å². The molecular weight excluding hydrogens is 260 g/mol. The van der Waals surface area contributed by atoms with E-state index in [1.54, 1.807) is 0 Å². The van der Waals surface area contributed by atoms with Crippen LogP contribution in [-0.2, 0) is 11.3 Å². The molecule has 0 bridgehead atoms. The number of hydrogen-bond acceptors (Lipinski definition) is 2. The number of anilines is 1. The second-order valence-electron chi connectivity index (χ2n) is 5.58. The van der Waals surface area contributed by atoms with Crippen molar-refractivity contribution in [2.45, 2.75) is 18.9 Å². The predicted octanol–water partition coefficient (Wildman–Crippen LogP) is 3.15. The van der Waals surface area contributed by atoms with E-state index in [9.17, 15) is 4.79 Å². The molecule has 0 saturated heterocycles. The third-order valence-corrected chi connectivity index (χ3v) is 3.96. The number of benzene rings is 2. The van der Waals surface area contributed by atoms with E-state index in [1.807, 2.05) is 49.5 Å². The number of carbonyl (C=O) groups excluding carboxylic acids is 1. The Labute approximate surface area is 125 Å². The van der Waals surface area contributed by atoms with Crippen LogP contribution in [0.5, 0.6) is 0 Å². The third kappa shape index (κ3) is 3.31. The van der Waals surface area contributed by atoms with Gasteiger partial charge in [0.1, 0.15) is 0 Å². The molecule has 1 amide bonds. The van der Waals surface area contributed by atoms with Crippen LogP contribution in [0.4, 0.5) is 5.69 Å². The predicted molar refractivity (Wildman–Crippen MR) is 85.1 cm³/mol. The summed E-state index contributed by atoms with van der Waals surface area (Å²) in [6, 6.07) is 18.3. The van der Waals surface area contributed by atoms with E-state index < -0.39 is 0 Å². The van der Waals surface area contributed by atoms with E-state index in [0.717, 1.165) is 18.7 Å². The highest BCUT2D eigenvalue weighted by atomic mass is 16.2. The summed E-state index contributed by atoms with van der Waals surface area (Å²) in [6.45, 7) is 0.840. The molecule has 3 heteroatoms. The van der Waals surface area contributed by atoms with Crippen molar-refractivity contribution >= 4 is 11.6 Å². The normalized spacial score (nSPS) is 20.0. The highest BCUT2D eigenvalue weighted by Crippen LogP contribution is 2.47. The highest BCUT2D eigenvalue weighted by molar-refractivity contribution is 5.95. The Morgan fingerprint density at radius 1 is 1.10 bits per heavy atom. The van der Waals surface area contributed by atoms with Gasteiger partial charge >= 0.3 is 0 Å². The number of amides is 1. The van der Waals surface area contributed by atoms with Crippen molar-refractivity contribution in [2.24, 2.45) is 5.92 Å². The fourth-order valence-corrected chi connectivity index (χ4v) is 2.70. The van der Waals surface area contributed by atoms with Crippen LogP contribution < -0.4 is 10.6 Å². The summed E-state index contributed by atoms with van der Waals surface area (Å²) in [7, 11) is 1.92. The van der Waals surface area contributed by atoms with Crippen molar-refractivity contribution in [3.05, 3.63) is 65.7 Å². The quantitative estimate of drug-likeness (QED) is 0.883. The Bertz CT molecular complexity index is 607. The number of nitrogens with one attached hydrogen (secondary N) is 2. The largest absolute Gasteiger partial charge is 0.326 e. The van der Waals surface area contributed by atoms with Gasteiger partial charge in [-0.15, -0.1) is 0 Å². The second-order valence-corrected chi connectivity index (χ2v) is 5.58. The topological polar surface area (TPSA) is 41.1 Å². The molecule has 0 aromatic heterocycles. The molecule has 1 aliphatic carbocycles. The van der Waals surface area contributed by atoms with Crippen molar-refractivity contribution in [3.63, 3.8) is 0 Å². The summed E-state index contributed by atoms with van der Waals surface area (Å²) in [5.41, 5.74) is 3.35. The number of rotatable bonds is 5. The smallest absolute Gasteiger partial charge is 0.228 e. The molecule has 0 aliphatic heterocycles. The third-order valence-electron chi connectivity index (χ3n) is 3.96. The molecule has 0 spiro atoms. The molecule has 1 fully saturated rings. The van der Waals surface area contributed by atoms with Gasteiger partial charge in [-0.05, 0) is 42.6 Å². The molecular formula is C18H20N2O. The SMILES string of the molecule is CNCc1ccc(NC(=O)C2CC2c2ccccc2)cc1. The Morgan fingerprint density at radius 2 is 1.81 bits per heavy atom. The fraction of sp³-hybridized carbons (Fsp3) is 0.278. The van der Waals surface area contributed by atoms with Crippen molar-refractivity contribution in [1.29, 1.82) is 0 Å². The fourth-order valence-electron chi connectivity index (χ4n) is 2.70. The van der Waals surface area contributed by atoms with Crippen LogP contribution in [0, 0.1) is 5.92 Å². The monoisotopic (exact) mass is 280 g/mol. The van der Waals surface area contributed by atoms with Crippen LogP contribution in [0.25, 0.3) is 0 Å². The van der Waals surface area contributed by atoms with Crippen LogP contribution in [0.2, 0.25) is 0 Å². The van der Waals surface area contributed by atoms with Gasteiger partial charge in [-0.3, -0.25) is 4.79 Å². The molecule has 1 aliphatic rings. The molecule has 2 unspecified atom stereocenters. The molecule has 2 aromatic rings. The highest BCUT2D eigenvalue weighted by Gasteiger charge is 2.43. The average molecular weight is 280 g/mol. The Balaban J connectivity index is 1.58. The molecule has 21 heavy (non-hydrogen) atoms. The van der Waals surface area contributed by atoms with Gasteiger partial charge in [-0.2, -0.15) is 0 Å². The first-order chi connectivity index (χ1) is 10.3. The summed E-state index contributed by atoms with van der Waals surface area (Å²) in [5, 5.41) is 6.12. The van der Waals surface area contributed by atoms with E-state index in [4.69, 9.17) is 0 Å². The maximum absolute atomic E-state index is 12.2. The molecule has 0 heterocycles. The van der Waals surface area contributed by atoms with Gasteiger partial charge in [0.05, 0.1) is 0 Å². The van der Waals surface area contributed by atoms with E-state index in [0.29, 0.717) is 5.92 Å². The van der Waals surface area contributed by atoms with E-state index in [-0.39, 0.29) is 11.8 Å². The minimum atomic E-state index is 0.115. The summed E-state index contributed by atoms with van der Waals surface area (Å²) in [5.74, 6) is 0.629.